The van der Waals surface area contributed by atoms with E-state index in [9.17, 15) is 0 Å². The molecule has 0 unspecified atom stereocenters. The zero-order valence-electron chi connectivity index (χ0n) is 6.14. The highest BCUT2D eigenvalue weighted by molar-refractivity contribution is 5.85. The Bertz CT molecular complexity index is 391. The van der Waals surface area contributed by atoms with Gasteiger partial charge in [-0.3, -0.25) is 0 Å². The fourth-order valence-electron chi connectivity index (χ4n) is 0.962. The van der Waals surface area contributed by atoms with E-state index in [1.54, 1.807) is 24.4 Å². The van der Waals surface area contributed by atoms with Gasteiger partial charge >= 0.3 is 0 Å². The van der Waals surface area contributed by atoms with Crippen LogP contribution in [0.3, 0.4) is 0 Å². The third-order valence-corrected chi connectivity index (χ3v) is 1.49. The lowest BCUT2D eigenvalue weighted by molar-refractivity contribution is 0.476. The minimum absolute atomic E-state index is 0. The summed E-state index contributed by atoms with van der Waals surface area (Å²) in [6, 6.07) is 5.01. The van der Waals surface area contributed by atoms with Crippen molar-refractivity contribution in [3.63, 3.8) is 0 Å². The van der Waals surface area contributed by atoms with Crippen LogP contribution in [-0.2, 0) is 0 Å². The number of aromatic nitrogens is 2. The smallest absolute Gasteiger partial charge is 0.117 e. The minimum atomic E-state index is 0. The van der Waals surface area contributed by atoms with E-state index >= 15 is 0 Å². The van der Waals surface area contributed by atoms with E-state index < -0.39 is 0 Å². The van der Waals surface area contributed by atoms with Crippen LogP contribution in [0.1, 0.15) is 0 Å². The van der Waals surface area contributed by atoms with Crippen LogP contribution in [-0.4, -0.2) is 15.1 Å². The summed E-state index contributed by atoms with van der Waals surface area (Å²) in [7, 11) is 0. The summed E-state index contributed by atoms with van der Waals surface area (Å²) < 4.78 is 0. The lowest BCUT2D eigenvalue weighted by Crippen LogP contribution is -1.78. The molecule has 1 heterocycles. The average Bonchev–Trinajstić information content (AvgIpc) is 2.04. The molecule has 0 aliphatic carbocycles. The van der Waals surface area contributed by atoms with Crippen molar-refractivity contribution in [2.75, 3.05) is 0 Å². The molecule has 1 aromatic carbocycles. The van der Waals surface area contributed by atoms with Crippen molar-refractivity contribution in [2.45, 2.75) is 0 Å². The summed E-state index contributed by atoms with van der Waals surface area (Å²) in [5.41, 5.74) is 0.764. The Balaban J connectivity index is 0.000000720. The molecule has 2 aromatic rings. The Kier molecular flexibility index (Phi) is 2.45. The maximum Gasteiger partial charge on any atom is 0.117 e. The first-order valence-electron chi connectivity index (χ1n) is 3.25. The van der Waals surface area contributed by atoms with Gasteiger partial charge in [-0.15, -0.1) is 12.4 Å². The number of phenolic OH excluding ortho intramolecular Hbond substituents is 1. The first kappa shape index (κ1) is 8.74. The number of aromatic hydroxyl groups is 1. The van der Waals surface area contributed by atoms with Crippen LogP contribution in [0.25, 0.3) is 10.9 Å². The zero-order chi connectivity index (χ0) is 7.68. The molecule has 0 spiro atoms. The van der Waals surface area contributed by atoms with E-state index in [1.807, 2.05) is 0 Å². The molecule has 0 fully saturated rings. The Morgan fingerprint density at radius 1 is 1.25 bits per heavy atom. The standard InChI is InChI=1S/C8H6N2O.ClH/c11-7-2-1-6-4-9-5-10-8(6)3-7;/h1-5,11H;1H. The molecule has 2 rings (SSSR count). The Hall–Kier alpha value is -1.35. The van der Waals surface area contributed by atoms with E-state index in [2.05, 4.69) is 9.97 Å². The third kappa shape index (κ3) is 1.46. The normalized spacial score (nSPS) is 9.33. The predicted molar refractivity (Wildman–Crippen MR) is 48.5 cm³/mol. The Labute approximate surface area is 75.5 Å². The topological polar surface area (TPSA) is 46.0 Å². The second kappa shape index (κ2) is 3.36. The molecule has 62 valence electrons. The van der Waals surface area contributed by atoms with Crippen LogP contribution in [0.5, 0.6) is 5.75 Å². The number of rotatable bonds is 0. The van der Waals surface area contributed by atoms with Gasteiger partial charge in [0.1, 0.15) is 12.1 Å². The molecule has 3 nitrogen and oxygen atoms in total. The van der Waals surface area contributed by atoms with Gasteiger partial charge in [0.15, 0.2) is 0 Å². The maximum atomic E-state index is 9.07. The molecular weight excluding hydrogens is 176 g/mol. The molecule has 4 heteroatoms. The summed E-state index contributed by atoms with van der Waals surface area (Å²) in [6.45, 7) is 0. The van der Waals surface area contributed by atoms with Gasteiger partial charge in [0, 0.05) is 17.6 Å². The molecule has 0 aliphatic rings. The zero-order valence-corrected chi connectivity index (χ0v) is 6.95. The van der Waals surface area contributed by atoms with Gasteiger partial charge in [-0.1, -0.05) is 0 Å². The number of phenols is 1. The van der Waals surface area contributed by atoms with Crippen LogP contribution < -0.4 is 0 Å². The SMILES string of the molecule is Cl.Oc1ccc2cncnc2c1. The predicted octanol–water partition coefficient (Wildman–Crippen LogP) is 1.76. The molecule has 0 aliphatic heterocycles. The summed E-state index contributed by atoms with van der Waals surface area (Å²) in [4.78, 5) is 7.82. The molecule has 1 N–H and O–H groups in total. The first-order chi connectivity index (χ1) is 5.36. The summed E-state index contributed by atoms with van der Waals surface area (Å²) in [6.07, 6.45) is 3.17. The minimum Gasteiger partial charge on any atom is -0.508 e. The lowest BCUT2D eigenvalue weighted by Gasteiger charge is -1.94. The third-order valence-electron chi connectivity index (χ3n) is 1.49. The maximum absolute atomic E-state index is 9.07. The second-order valence-electron chi connectivity index (χ2n) is 2.27. The van der Waals surface area contributed by atoms with Gasteiger partial charge in [0.2, 0.25) is 0 Å². The highest BCUT2D eigenvalue weighted by Gasteiger charge is 1.93. The van der Waals surface area contributed by atoms with Crippen molar-refractivity contribution in [1.82, 2.24) is 9.97 Å². The van der Waals surface area contributed by atoms with Crippen LogP contribution in [0.15, 0.2) is 30.7 Å². The van der Waals surface area contributed by atoms with Crippen molar-refractivity contribution in [3.8, 4) is 5.75 Å². The van der Waals surface area contributed by atoms with E-state index in [1.165, 1.54) is 6.33 Å². The van der Waals surface area contributed by atoms with Gasteiger partial charge in [0.05, 0.1) is 5.52 Å². The number of hydrogen-bond acceptors (Lipinski definition) is 3. The van der Waals surface area contributed by atoms with Gasteiger partial charge in [0.25, 0.3) is 0 Å². The molecule has 0 saturated carbocycles. The van der Waals surface area contributed by atoms with E-state index in [4.69, 9.17) is 5.11 Å². The van der Waals surface area contributed by atoms with Crippen LogP contribution in [0.2, 0.25) is 0 Å². The fourth-order valence-corrected chi connectivity index (χ4v) is 0.962. The monoisotopic (exact) mass is 182 g/mol. The van der Waals surface area contributed by atoms with E-state index in [-0.39, 0.29) is 18.2 Å². The fraction of sp³-hybridized carbons (Fsp3) is 0. The van der Waals surface area contributed by atoms with Crippen LogP contribution in [0.4, 0.5) is 0 Å². The molecular formula is C8H7ClN2O. The molecule has 0 radical (unpaired) electrons. The molecule has 0 bridgehead atoms. The lowest BCUT2D eigenvalue weighted by atomic mass is 10.2. The van der Waals surface area contributed by atoms with Crippen molar-refractivity contribution < 1.29 is 5.11 Å². The number of fused-ring (bicyclic) bond motifs is 1. The number of halogens is 1. The average molecular weight is 183 g/mol. The van der Waals surface area contributed by atoms with Gasteiger partial charge in [-0.25, -0.2) is 9.97 Å². The summed E-state index contributed by atoms with van der Waals surface area (Å²) in [5, 5.41) is 10.0. The number of nitrogens with zero attached hydrogens (tertiary/aromatic N) is 2. The first-order valence-corrected chi connectivity index (χ1v) is 3.25. The molecule has 0 amide bonds. The van der Waals surface area contributed by atoms with E-state index in [0.29, 0.717) is 0 Å². The highest BCUT2D eigenvalue weighted by atomic mass is 35.5. The molecule has 12 heavy (non-hydrogen) atoms. The van der Waals surface area contributed by atoms with Crippen LogP contribution in [0, 0.1) is 0 Å². The van der Waals surface area contributed by atoms with Gasteiger partial charge in [-0.2, -0.15) is 0 Å². The van der Waals surface area contributed by atoms with Crippen molar-refractivity contribution in [1.29, 1.82) is 0 Å². The Morgan fingerprint density at radius 2 is 2.08 bits per heavy atom. The highest BCUT2D eigenvalue weighted by Crippen LogP contribution is 2.15. The quantitative estimate of drug-likeness (QED) is 0.675. The summed E-state index contributed by atoms with van der Waals surface area (Å²) in [5.74, 6) is 0.233. The molecule has 1 aromatic heterocycles. The van der Waals surface area contributed by atoms with E-state index in [0.717, 1.165) is 10.9 Å². The van der Waals surface area contributed by atoms with Crippen LogP contribution >= 0.6 is 12.4 Å². The van der Waals surface area contributed by atoms with Crippen molar-refractivity contribution >= 4 is 23.3 Å². The van der Waals surface area contributed by atoms with Crippen molar-refractivity contribution in [3.05, 3.63) is 30.7 Å². The van der Waals surface area contributed by atoms with Crippen molar-refractivity contribution in [2.24, 2.45) is 0 Å². The molecule has 0 atom stereocenters. The number of benzene rings is 1. The largest absolute Gasteiger partial charge is 0.508 e. The second-order valence-corrected chi connectivity index (χ2v) is 2.27. The molecule has 0 saturated heterocycles. The Morgan fingerprint density at radius 3 is 2.92 bits per heavy atom. The van der Waals surface area contributed by atoms with Gasteiger partial charge < -0.3 is 5.11 Å². The van der Waals surface area contributed by atoms with Gasteiger partial charge in [-0.05, 0) is 12.1 Å². The number of hydrogen-bond donors (Lipinski definition) is 1. The summed E-state index contributed by atoms with van der Waals surface area (Å²) >= 11 is 0.